The third kappa shape index (κ3) is 14.5. The van der Waals surface area contributed by atoms with Crippen molar-refractivity contribution in [2.24, 2.45) is 11.3 Å². The Bertz CT molecular complexity index is 1810. The van der Waals surface area contributed by atoms with Gasteiger partial charge >= 0.3 is 17.9 Å². The Morgan fingerprint density at radius 1 is 1.00 bits per heavy atom. The molecular weight excluding hydrogens is 789 g/mol. The van der Waals surface area contributed by atoms with Crippen LogP contribution in [0.2, 0.25) is 0 Å². The zero-order chi connectivity index (χ0) is 42.2. The van der Waals surface area contributed by atoms with E-state index in [1.54, 1.807) is 73.6 Å². The number of nitrogens with one attached hydrogen (secondary N) is 3. The Morgan fingerprint density at radius 2 is 1.66 bits per heavy atom. The molecule has 1 fully saturated rings. The van der Waals surface area contributed by atoms with Crippen molar-refractivity contribution in [3.05, 3.63) is 47.7 Å². The lowest BCUT2D eigenvalue weighted by Crippen LogP contribution is -2.62. The van der Waals surface area contributed by atoms with E-state index in [4.69, 9.17) is 49.0 Å². The molecule has 17 heteroatoms. The minimum atomic E-state index is -1.83. The van der Waals surface area contributed by atoms with E-state index in [0.29, 0.717) is 24.1 Å². The molecule has 1 saturated heterocycles. The number of amides is 3. The summed E-state index contributed by atoms with van der Waals surface area (Å²) in [6, 6.07) is 5.81. The summed E-state index contributed by atoms with van der Waals surface area (Å²) >= 11 is 17.1. The second-order valence-corrected chi connectivity index (χ2v) is 18.1. The first-order valence-electron chi connectivity index (χ1n) is 18.3. The molecule has 4 atom stereocenters. The summed E-state index contributed by atoms with van der Waals surface area (Å²) in [5.41, 5.74) is 2.84. The third-order valence-electron chi connectivity index (χ3n) is 8.53. The second-order valence-electron chi connectivity index (χ2n) is 15.6. The normalized spacial score (nSPS) is 16.9. The van der Waals surface area contributed by atoms with Gasteiger partial charge in [-0.15, -0.1) is 0 Å². The standard InChI is InChI=1S/C39H52Cl3N5O9/c1-22(2)32(45-36(53)38(8,9)17-16-25-12-13-26-14-15-27(43-29(26)19-25)23(3)55-24(4)48)33(50)44-30(20-31(49)56-37(5,6)7)34(51)47-18-10-11-28(46-47)35(52)54-21-39(40,41)42/h12-17,19,22-23,28,30,32,46H,10-11,18,20-21H2,1-9H3,(H,44,50)(H,45,53)/b17-16+/t23-,28+,30+,32+/m1/s1. The summed E-state index contributed by atoms with van der Waals surface area (Å²) in [5, 5.41) is 7.48. The minimum absolute atomic E-state index is 0.153. The van der Waals surface area contributed by atoms with Crippen LogP contribution >= 0.6 is 34.8 Å². The van der Waals surface area contributed by atoms with E-state index >= 15 is 0 Å². The number of hydrogen-bond donors (Lipinski definition) is 3. The van der Waals surface area contributed by atoms with Crippen LogP contribution < -0.4 is 16.1 Å². The van der Waals surface area contributed by atoms with Crippen molar-refractivity contribution in [3.8, 4) is 0 Å². The van der Waals surface area contributed by atoms with Gasteiger partial charge < -0.3 is 24.8 Å². The van der Waals surface area contributed by atoms with Crippen LogP contribution in [0.1, 0.15) is 98.9 Å². The lowest BCUT2D eigenvalue weighted by molar-refractivity contribution is -0.160. The van der Waals surface area contributed by atoms with Crippen molar-refractivity contribution in [3.63, 3.8) is 0 Å². The molecule has 3 rings (SSSR count). The maximum absolute atomic E-state index is 13.9. The lowest BCUT2D eigenvalue weighted by atomic mass is 9.89. The van der Waals surface area contributed by atoms with Crippen molar-refractivity contribution in [2.45, 2.75) is 115 Å². The maximum Gasteiger partial charge on any atom is 0.325 e. The Kier molecular flexibility index (Phi) is 16.1. The van der Waals surface area contributed by atoms with Crippen molar-refractivity contribution in [1.82, 2.24) is 26.1 Å². The van der Waals surface area contributed by atoms with Gasteiger partial charge in [0.05, 0.1) is 23.0 Å². The molecule has 0 spiro atoms. The Labute approximate surface area is 342 Å². The molecule has 0 radical (unpaired) electrons. The van der Waals surface area contributed by atoms with Gasteiger partial charge in [-0.2, -0.15) is 0 Å². The highest BCUT2D eigenvalue weighted by molar-refractivity contribution is 6.67. The van der Waals surface area contributed by atoms with Gasteiger partial charge in [0.1, 0.15) is 36.4 Å². The Morgan fingerprint density at radius 3 is 2.27 bits per heavy atom. The molecule has 56 heavy (non-hydrogen) atoms. The van der Waals surface area contributed by atoms with Crippen LogP contribution in [0.4, 0.5) is 0 Å². The van der Waals surface area contributed by atoms with Gasteiger partial charge in [-0.05, 0) is 78.0 Å². The first-order chi connectivity index (χ1) is 25.8. The number of esters is 3. The summed E-state index contributed by atoms with van der Waals surface area (Å²) < 4.78 is 14.0. The zero-order valence-corrected chi connectivity index (χ0v) is 35.4. The number of pyridine rings is 1. The van der Waals surface area contributed by atoms with Crippen LogP contribution in [0, 0.1) is 11.3 Å². The number of ether oxygens (including phenoxy) is 3. The van der Waals surface area contributed by atoms with Crippen LogP contribution in [-0.4, -0.2) is 86.3 Å². The van der Waals surface area contributed by atoms with E-state index in [1.807, 2.05) is 24.3 Å². The number of halogens is 3. The van der Waals surface area contributed by atoms with Crippen molar-refractivity contribution >= 4 is 87.4 Å². The highest BCUT2D eigenvalue weighted by atomic mass is 35.6. The minimum Gasteiger partial charge on any atom is -0.460 e. The van der Waals surface area contributed by atoms with Crippen molar-refractivity contribution in [1.29, 1.82) is 0 Å². The van der Waals surface area contributed by atoms with Gasteiger partial charge in [-0.1, -0.05) is 79.0 Å². The van der Waals surface area contributed by atoms with Gasteiger partial charge in [0, 0.05) is 18.9 Å². The van der Waals surface area contributed by atoms with Gasteiger partial charge in [0.25, 0.3) is 5.91 Å². The first-order valence-corrected chi connectivity index (χ1v) is 19.4. The third-order valence-corrected chi connectivity index (χ3v) is 8.86. The SMILES string of the molecule is CC(=O)O[C@H](C)c1ccc2ccc(/C=C/C(C)(C)C(=O)N[C@H](C(=O)N[C@@H](CC(=O)OC(C)(C)C)C(=O)N3CCC[C@@H](C(=O)OCC(Cl)(Cl)Cl)N3)C(C)C)cc2n1. The molecule has 2 heterocycles. The molecule has 3 amide bonds. The number of carbonyl (C=O) groups excluding carboxylic acids is 6. The summed E-state index contributed by atoms with van der Waals surface area (Å²) in [5.74, 6) is -4.23. The summed E-state index contributed by atoms with van der Waals surface area (Å²) in [4.78, 5) is 83.2. The molecule has 1 aliphatic heterocycles. The number of carbonyl (C=O) groups is 6. The summed E-state index contributed by atoms with van der Waals surface area (Å²) in [7, 11) is 0. The fourth-order valence-corrected chi connectivity index (χ4v) is 5.76. The van der Waals surface area contributed by atoms with E-state index in [0.717, 1.165) is 16.0 Å². The fourth-order valence-electron chi connectivity index (χ4n) is 5.60. The predicted octanol–water partition coefficient (Wildman–Crippen LogP) is 5.66. The molecular formula is C39H52Cl3N5O9. The molecule has 2 aromatic rings. The topological polar surface area (TPSA) is 182 Å². The van der Waals surface area contributed by atoms with Crippen LogP contribution in [0.5, 0.6) is 0 Å². The molecule has 0 saturated carbocycles. The van der Waals surface area contributed by atoms with Gasteiger partial charge in [-0.25, -0.2) is 10.4 Å². The number of hydrazine groups is 1. The number of fused-ring (bicyclic) bond motifs is 1. The quantitative estimate of drug-likeness (QED) is 0.121. The van der Waals surface area contributed by atoms with E-state index in [-0.39, 0.29) is 6.54 Å². The largest absolute Gasteiger partial charge is 0.460 e. The van der Waals surface area contributed by atoms with Gasteiger partial charge in [0.2, 0.25) is 15.6 Å². The van der Waals surface area contributed by atoms with Crippen LogP contribution in [-0.2, 0) is 43.0 Å². The average molecular weight is 841 g/mol. The number of alkyl halides is 3. The maximum atomic E-state index is 13.9. The fraction of sp³-hybridized carbons (Fsp3) is 0.564. The van der Waals surface area contributed by atoms with Gasteiger partial charge in [0.15, 0.2) is 0 Å². The van der Waals surface area contributed by atoms with Crippen LogP contribution in [0.3, 0.4) is 0 Å². The molecule has 0 aliphatic carbocycles. The summed E-state index contributed by atoms with van der Waals surface area (Å²) in [6.07, 6.45) is 3.12. The second kappa shape index (κ2) is 19.4. The van der Waals surface area contributed by atoms with E-state index in [1.165, 1.54) is 6.92 Å². The van der Waals surface area contributed by atoms with Crippen molar-refractivity contribution in [2.75, 3.05) is 13.2 Å². The first kappa shape index (κ1) is 46.4. The molecule has 14 nitrogen and oxygen atoms in total. The number of hydrogen-bond acceptors (Lipinski definition) is 11. The van der Waals surface area contributed by atoms with E-state index in [9.17, 15) is 28.8 Å². The number of nitrogens with zero attached hydrogens (tertiary/aromatic N) is 2. The average Bonchev–Trinajstić information content (AvgIpc) is 3.09. The Hall–Kier alpha value is -3.98. The molecule has 1 aromatic heterocycles. The highest BCUT2D eigenvalue weighted by Crippen LogP contribution is 2.27. The number of benzene rings is 1. The molecule has 0 bridgehead atoms. The molecule has 1 aliphatic rings. The smallest absolute Gasteiger partial charge is 0.325 e. The monoisotopic (exact) mass is 839 g/mol. The molecule has 0 unspecified atom stereocenters. The van der Waals surface area contributed by atoms with E-state index < -0.39 is 93.6 Å². The Balaban J connectivity index is 1.78. The predicted molar refractivity (Wildman–Crippen MR) is 213 cm³/mol. The van der Waals surface area contributed by atoms with Crippen molar-refractivity contribution < 1.29 is 43.0 Å². The number of aromatic nitrogens is 1. The molecule has 1 aromatic carbocycles. The van der Waals surface area contributed by atoms with Crippen LogP contribution in [0.25, 0.3) is 17.0 Å². The molecule has 3 N–H and O–H groups in total. The lowest BCUT2D eigenvalue weighted by Gasteiger charge is -2.35. The highest BCUT2D eigenvalue weighted by Gasteiger charge is 2.38. The molecule has 308 valence electrons. The van der Waals surface area contributed by atoms with E-state index in [2.05, 4.69) is 21.0 Å². The van der Waals surface area contributed by atoms with Gasteiger partial charge in [-0.3, -0.25) is 33.8 Å². The summed E-state index contributed by atoms with van der Waals surface area (Å²) in [6.45, 7) is 14.6. The zero-order valence-electron chi connectivity index (χ0n) is 33.2. The number of rotatable bonds is 14. The van der Waals surface area contributed by atoms with Crippen LogP contribution in [0.15, 0.2) is 36.4 Å².